The molecule has 1 aromatic carbocycles. The van der Waals surface area contributed by atoms with Crippen molar-refractivity contribution in [2.24, 2.45) is 0 Å². The number of anilines is 1. The molecule has 1 heterocycles. The Hall–Kier alpha value is -2.70. The van der Waals surface area contributed by atoms with Crippen LogP contribution in [0.2, 0.25) is 0 Å². The maximum atomic E-state index is 12.1. The number of rotatable bonds is 5. The number of carbonyl (C=O) groups excluding carboxylic acids is 1. The van der Waals surface area contributed by atoms with Gasteiger partial charge in [-0.3, -0.25) is 0 Å². The molecule has 0 fully saturated rings. The summed E-state index contributed by atoms with van der Waals surface area (Å²) in [6, 6.07) is 5.68. The molecule has 0 saturated heterocycles. The highest BCUT2D eigenvalue weighted by molar-refractivity contribution is 5.71. The number of methoxy groups -OCH3 is 2. The van der Waals surface area contributed by atoms with Crippen LogP contribution in [0.25, 0.3) is 0 Å². The van der Waals surface area contributed by atoms with E-state index in [1.165, 1.54) is 6.20 Å². The van der Waals surface area contributed by atoms with E-state index in [0.717, 1.165) is 21.7 Å². The number of benzene rings is 1. The molecule has 1 aromatic heterocycles. The van der Waals surface area contributed by atoms with Gasteiger partial charge in [-0.05, 0) is 51.3 Å². The van der Waals surface area contributed by atoms with E-state index in [2.05, 4.69) is 5.10 Å². The van der Waals surface area contributed by atoms with Gasteiger partial charge in [0.15, 0.2) is 0 Å². The van der Waals surface area contributed by atoms with Crippen LogP contribution in [0.1, 0.15) is 32.0 Å². The monoisotopic (exact) mass is 347 g/mol. The lowest BCUT2D eigenvalue weighted by Gasteiger charge is -2.18. The molecular formula is C18H25N3O4. The van der Waals surface area contributed by atoms with Gasteiger partial charge in [0.1, 0.15) is 17.1 Å². The molecule has 0 radical (unpaired) electrons. The van der Waals surface area contributed by atoms with Gasteiger partial charge < -0.3 is 19.9 Å². The van der Waals surface area contributed by atoms with Gasteiger partial charge in [0.2, 0.25) is 0 Å². The first-order chi connectivity index (χ1) is 11.7. The highest BCUT2D eigenvalue weighted by Crippen LogP contribution is 2.24. The smallest absolute Gasteiger partial charge is 0.435 e. The average Bonchev–Trinajstić information content (AvgIpc) is 2.92. The molecule has 0 saturated carbocycles. The maximum absolute atomic E-state index is 12.1. The zero-order valence-corrected chi connectivity index (χ0v) is 15.3. The molecular weight excluding hydrogens is 322 g/mol. The van der Waals surface area contributed by atoms with Crippen molar-refractivity contribution < 1.29 is 19.0 Å². The normalized spacial score (nSPS) is 11.2. The molecule has 0 bridgehead atoms. The van der Waals surface area contributed by atoms with E-state index in [0.29, 0.717) is 24.2 Å². The number of aromatic nitrogens is 2. The van der Waals surface area contributed by atoms with Gasteiger partial charge in [0.25, 0.3) is 0 Å². The Bertz CT molecular complexity index is 725. The van der Waals surface area contributed by atoms with Crippen LogP contribution >= 0.6 is 0 Å². The molecule has 0 aliphatic heterocycles. The van der Waals surface area contributed by atoms with E-state index in [9.17, 15) is 4.79 Å². The molecule has 7 nitrogen and oxygen atoms in total. The predicted octanol–water partition coefficient (Wildman–Crippen LogP) is 3.05. The van der Waals surface area contributed by atoms with Gasteiger partial charge in [0.05, 0.1) is 31.8 Å². The summed E-state index contributed by atoms with van der Waals surface area (Å²) in [5.41, 5.74) is 7.53. The van der Waals surface area contributed by atoms with E-state index in [1.54, 1.807) is 35.0 Å². The summed E-state index contributed by atoms with van der Waals surface area (Å²) in [7, 11) is 3.22. The SMILES string of the molecule is COc1cc(CCc2nn(C(=O)OC(C)(C)C)cc2N)cc(OC)c1. The number of hydrogen-bond donors (Lipinski definition) is 1. The fourth-order valence-corrected chi connectivity index (χ4v) is 2.29. The minimum atomic E-state index is -0.588. The molecule has 0 unspecified atom stereocenters. The summed E-state index contributed by atoms with van der Waals surface area (Å²) in [5.74, 6) is 1.45. The van der Waals surface area contributed by atoms with Gasteiger partial charge in [-0.1, -0.05) is 0 Å². The van der Waals surface area contributed by atoms with Gasteiger partial charge in [-0.2, -0.15) is 9.78 Å². The molecule has 0 aliphatic rings. The first kappa shape index (κ1) is 18.6. The summed E-state index contributed by atoms with van der Waals surface area (Å²) < 4.78 is 17.0. The topological polar surface area (TPSA) is 88.6 Å². The second kappa shape index (κ2) is 7.46. The highest BCUT2D eigenvalue weighted by atomic mass is 16.6. The summed E-state index contributed by atoms with van der Waals surface area (Å²) in [6.07, 6.45) is 2.20. The quantitative estimate of drug-likeness (QED) is 0.894. The third-order valence-electron chi connectivity index (χ3n) is 3.47. The number of hydrogen-bond acceptors (Lipinski definition) is 6. The lowest BCUT2D eigenvalue weighted by atomic mass is 10.1. The van der Waals surface area contributed by atoms with Crippen molar-refractivity contribution in [3.63, 3.8) is 0 Å². The summed E-state index contributed by atoms with van der Waals surface area (Å²) in [4.78, 5) is 12.1. The third-order valence-corrected chi connectivity index (χ3v) is 3.47. The Balaban J connectivity index is 2.10. The van der Waals surface area contributed by atoms with Crippen LogP contribution in [0, 0.1) is 0 Å². The maximum Gasteiger partial charge on any atom is 0.435 e. The molecule has 25 heavy (non-hydrogen) atoms. The number of nitrogens with zero attached hydrogens (tertiary/aromatic N) is 2. The summed E-state index contributed by atoms with van der Waals surface area (Å²) in [5, 5.41) is 4.25. The Morgan fingerprint density at radius 1 is 1.12 bits per heavy atom. The highest BCUT2D eigenvalue weighted by Gasteiger charge is 2.20. The number of ether oxygens (including phenoxy) is 3. The number of nitrogen functional groups attached to an aromatic ring is 1. The number of carbonyl (C=O) groups is 1. The van der Waals surface area contributed by atoms with E-state index in [-0.39, 0.29) is 0 Å². The van der Waals surface area contributed by atoms with E-state index in [1.807, 2.05) is 18.2 Å². The predicted molar refractivity (Wildman–Crippen MR) is 95.2 cm³/mol. The van der Waals surface area contributed by atoms with Crippen molar-refractivity contribution in [1.82, 2.24) is 9.78 Å². The molecule has 0 amide bonds. The van der Waals surface area contributed by atoms with Gasteiger partial charge >= 0.3 is 6.09 Å². The van der Waals surface area contributed by atoms with E-state index in [4.69, 9.17) is 19.9 Å². The van der Waals surface area contributed by atoms with Gasteiger partial charge in [-0.25, -0.2) is 4.79 Å². The second-order valence-corrected chi connectivity index (χ2v) is 6.68. The van der Waals surface area contributed by atoms with E-state index < -0.39 is 11.7 Å². The largest absolute Gasteiger partial charge is 0.497 e. The van der Waals surface area contributed by atoms with Crippen molar-refractivity contribution >= 4 is 11.8 Å². The molecule has 0 aliphatic carbocycles. The molecule has 136 valence electrons. The second-order valence-electron chi connectivity index (χ2n) is 6.68. The van der Waals surface area contributed by atoms with Crippen LogP contribution in [-0.2, 0) is 17.6 Å². The Morgan fingerprint density at radius 2 is 1.72 bits per heavy atom. The van der Waals surface area contributed by atoms with Crippen LogP contribution < -0.4 is 15.2 Å². The lowest BCUT2D eigenvalue weighted by molar-refractivity contribution is 0.0514. The molecule has 2 N–H and O–H groups in total. The first-order valence-corrected chi connectivity index (χ1v) is 8.01. The van der Waals surface area contributed by atoms with Gasteiger partial charge in [-0.15, -0.1) is 0 Å². The summed E-state index contributed by atoms with van der Waals surface area (Å²) >= 11 is 0. The minimum absolute atomic E-state index is 0.459. The van der Waals surface area contributed by atoms with Crippen molar-refractivity contribution in [2.45, 2.75) is 39.2 Å². The molecule has 7 heteroatoms. The van der Waals surface area contributed by atoms with Gasteiger partial charge in [0, 0.05) is 6.07 Å². The van der Waals surface area contributed by atoms with Crippen molar-refractivity contribution in [3.05, 3.63) is 35.7 Å². The molecule has 2 rings (SSSR count). The number of nitrogens with two attached hydrogens (primary N) is 1. The van der Waals surface area contributed by atoms with Crippen molar-refractivity contribution in [3.8, 4) is 11.5 Å². The van der Waals surface area contributed by atoms with Crippen LogP contribution in [-0.4, -0.2) is 35.7 Å². The average molecular weight is 347 g/mol. The van der Waals surface area contributed by atoms with Crippen LogP contribution in [0.4, 0.5) is 10.5 Å². The zero-order valence-electron chi connectivity index (χ0n) is 15.3. The lowest BCUT2D eigenvalue weighted by Crippen LogP contribution is -2.27. The van der Waals surface area contributed by atoms with E-state index >= 15 is 0 Å². The Kier molecular flexibility index (Phi) is 5.56. The minimum Gasteiger partial charge on any atom is -0.497 e. The zero-order chi connectivity index (χ0) is 18.6. The number of aryl methyl sites for hydroxylation is 2. The molecule has 0 spiro atoms. The van der Waals surface area contributed by atoms with Crippen LogP contribution in [0.5, 0.6) is 11.5 Å². The molecule has 0 atom stereocenters. The first-order valence-electron chi connectivity index (χ1n) is 8.01. The standard InChI is InChI=1S/C18H25N3O4/c1-18(2,3)25-17(22)21-11-15(19)16(20-21)7-6-12-8-13(23-4)10-14(9-12)24-5/h8-11H,6-7,19H2,1-5H3. The van der Waals surface area contributed by atoms with Crippen molar-refractivity contribution in [2.75, 3.05) is 20.0 Å². The fraction of sp³-hybridized carbons (Fsp3) is 0.444. The van der Waals surface area contributed by atoms with Crippen LogP contribution in [0.15, 0.2) is 24.4 Å². The Labute approximate surface area is 147 Å². The summed E-state index contributed by atoms with van der Waals surface area (Å²) in [6.45, 7) is 5.40. The molecule has 2 aromatic rings. The third kappa shape index (κ3) is 5.14. The van der Waals surface area contributed by atoms with Crippen molar-refractivity contribution in [1.29, 1.82) is 0 Å². The van der Waals surface area contributed by atoms with Crippen LogP contribution in [0.3, 0.4) is 0 Å². The Morgan fingerprint density at radius 3 is 2.24 bits per heavy atom. The fourth-order valence-electron chi connectivity index (χ4n) is 2.29.